The molecule has 1 aliphatic heterocycles. The van der Waals surface area contributed by atoms with E-state index in [4.69, 9.17) is 4.74 Å². The fraction of sp³-hybridized carbons (Fsp3) is 0.467. The number of benzene rings is 1. The number of hydrogen-bond acceptors (Lipinski definition) is 5. The van der Waals surface area contributed by atoms with Crippen LogP contribution in [0.15, 0.2) is 18.2 Å². The van der Waals surface area contributed by atoms with Crippen LogP contribution in [0.25, 0.3) is 0 Å². The molecule has 2 rings (SSSR count). The van der Waals surface area contributed by atoms with Gasteiger partial charge in [0.25, 0.3) is 5.91 Å². The van der Waals surface area contributed by atoms with E-state index in [1.807, 2.05) is 0 Å². The van der Waals surface area contributed by atoms with Gasteiger partial charge in [0.05, 0.1) is 12.5 Å². The Balaban J connectivity index is 1.97. The predicted molar refractivity (Wildman–Crippen MR) is 75.0 cm³/mol. The second-order valence-corrected chi connectivity index (χ2v) is 5.02. The molecule has 0 unspecified atom stereocenters. The number of likely N-dealkylation sites (tertiary alicyclic amines) is 1. The average molecular weight is 293 g/mol. The van der Waals surface area contributed by atoms with Crippen molar-refractivity contribution in [2.24, 2.45) is 5.92 Å². The van der Waals surface area contributed by atoms with Crippen LogP contribution in [0.5, 0.6) is 11.5 Å². The third-order valence-electron chi connectivity index (χ3n) is 3.62. The van der Waals surface area contributed by atoms with Gasteiger partial charge in [-0.15, -0.1) is 0 Å². The number of rotatable bonds is 3. The van der Waals surface area contributed by atoms with E-state index in [-0.39, 0.29) is 29.3 Å². The van der Waals surface area contributed by atoms with Crippen molar-refractivity contribution in [1.82, 2.24) is 4.90 Å². The average Bonchev–Trinajstić information content (AvgIpc) is 2.50. The zero-order chi connectivity index (χ0) is 15.4. The Morgan fingerprint density at radius 3 is 2.48 bits per heavy atom. The molecule has 1 saturated heterocycles. The molecule has 1 heterocycles. The van der Waals surface area contributed by atoms with E-state index in [2.05, 4.69) is 0 Å². The summed E-state index contributed by atoms with van der Waals surface area (Å²) in [5, 5.41) is 18.7. The normalized spacial score (nSPS) is 15.8. The van der Waals surface area contributed by atoms with Gasteiger partial charge in [0.1, 0.15) is 0 Å². The van der Waals surface area contributed by atoms with Gasteiger partial charge in [-0.25, -0.2) is 0 Å². The van der Waals surface area contributed by atoms with Crippen molar-refractivity contribution in [2.45, 2.75) is 19.8 Å². The van der Waals surface area contributed by atoms with Crippen molar-refractivity contribution < 1.29 is 24.5 Å². The molecule has 0 spiro atoms. The summed E-state index contributed by atoms with van der Waals surface area (Å²) in [6, 6.07) is 4.00. The number of esters is 1. The number of nitrogens with zero attached hydrogens (tertiary/aromatic N) is 1. The van der Waals surface area contributed by atoms with Crippen molar-refractivity contribution in [3.63, 3.8) is 0 Å². The summed E-state index contributed by atoms with van der Waals surface area (Å²) in [4.78, 5) is 25.6. The van der Waals surface area contributed by atoms with Crippen LogP contribution in [0.1, 0.15) is 30.1 Å². The van der Waals surface area contributed by atoms with Crippen LogP contribution in [0.3, 0.4) is 0 Å². The Bertz CT molecular complexity index is 535. The number of phenols is 2. The van der Waals surface area contributed by atoms with E-state index >= 15 is 0 Å². The zero-order valence-electron chi connectivity index (χ0n) is 11.9. The Hall–Kier alpha value is -2.24. The number of hydrogen-bond donors (Lipinski definition) is 2. The molecular weight excluding hydrogens is 274 g/mol. The molecule has 1 aromatic carbocycles. The van der Waals surface area contributed by atoms with E-state index < -0.39 is 0 Å². The summed E-state index contributed by atoms with van der Waals surface area (Å²) in [5.41, 5.74) is 0.319. The lowest BCUT2D eigenvalue weighted by Crippen LogP contribution is -2.40. The molecule has 1 fully saturated rings. The Morgan fingerprint density at radius 1 is 1.24 bits per heavy atom. The lowest BCUT2D eigenvalue weighted by molar-refractivity contribution is -0.149. The Morgan fingerprint density at radius 2 is 1.90 bits per heavy atom. The van der Waals surface area contributed by atoms with E-state index in [1.54, 1.807) is 11.8 Å². The molecule has 0 radical (unpaired) electrons. The fourth-order valence-electron chi connectivity index (χ4n) is 2.42. The van der Waals surface area contributed by atoms with Crippen molar-refractivity contribution >= 4 is 11.9 Å². The van der Waals surface area contributed by atoms with Gasteiger partial charge in [-0.3, -0.25) is 9.59 Å². The van der Waals surface area contributed by atoms with Gasteiger partial charge in [-0.1, -0.05) is 0 Å². The molecule has 1 amide bonds. The molecule has 114 valence electrons. The topological polar surface area (TPSA) is 87.1 Å². The summed E-state index contributed by atoms with van der Waals surface area (Å²) in [6.45, 7) is 3.09. The van der Waals surface area contributed by atoms with Crippen molar-refractivity contribution in [3.05, 3.63) is 23.8 Å². The highest BCUT2D eigenvalue weighted by molar-refractivity contribution is 5.95. The number of carbonyl (C=O) groups is 2. The number of carbonyl (C=O) groups excluding carboxylic acids is 2. The Labute approximate surface area is 122 Å². The van der Waals surface area contributed by atoms with E-state index in [0.717, 1.165) is 0 Å². The maximum Gasteiger partial charge on any atom is 0.309 e. The third-order valence-corrected chi connectivity index (χ3v) is 3.62. The van der Waals surface area contributed by atoms with Crippen molar-refractivity contribution in [2.75, 3.05) is 19.7 Å². The zero-order valence-corrected chi connectivity index (χ0v) is 11.9. The van der Waals surface area contributed by atoms with Crippen LogP contribution < -0.4 is 0 Å². The first-order valence-corrected chi connectivity index (χ1v) is 7.00. The number of phenolic OH excluding ortho intramolecular Hbond substituents is 2. The molecular formula is C15H19NO5. The maximum atomic E-state index is 12.3. The van der Waals surface area contributed by atoms with Crippen LogP contribution in [0, 0.1) is 5.92 Å². The van der Waals surface area contributed by atoms with Gasteiger partial charge in [0.15, 0.2) is 11.5 Å². The molecule has 0 atom stereocenters. The molecule has 1 aromatic rings. The molecule has 6 heteroatoms. The molecule has 1 aliphatic rings. The first-order valence-electron chi connectivity index (χ1n) is 7.00. The van der Waals surface area contributed by atoms with Gasteiger partial charge in [0.2, 0.25) is 0 Å². The summed E-state index contributed by atoms with van der Waals surface area (Å²) < 4.78 is 4.99. The standard InChI is InChI=1S/C15H19NO5/c1-2-21-15(20)10-5-7-16(8-6-10)14(19)11-3-4-12(17)13(18)9-11/h3-4,9-10,17-18H,2,5-8H2,1H3. The SMILES string of the molecule is CCOC(=O)C1CCN(C(=O)c2ccc(O)c(O)c2)CC1. The first kappa shape index (κ1) is 15.2. The molecule has 0 aliphatic carbocycles. The lowest BCUT2D eigenvalue weighted by Gasteiger charge is -2.31. The summed E-state index contributed by atoms with van der Waals surface area (Å²) in [5.74, 6) is -1.14. The molecule has 2 N–H and O–H groups in total. The largest absolute Gasteiger partial charge is 0.504 e. The monoisotopic (exact) mass is 293 g/mol. The van der Waals surface area contributed by atoms with Crippen LogP contribution in [0.4, 0.5) is 0 Å². The van der Waals surface area contributed by atoms with Crippen molar-refractivity contribution in [1.29, 1.82) is 0 Å². The first-order chi connectivity index (χ1) is 10.0. The van der Waals surface area contributed by atoms with Crippen LogP contribution in [0.2, 0.25) is 0 Å². The number of amides is 1. The van der Waals surface area contributed by atoms with Crippen LogP contribution >= 0.6 is 0 Å². The molecule has 21 heavy (non-hydrogen) atoms. The fourth-order valence-corrected chi connectivity index (χ4v) is 2.42. The van der Waals surface area contributed by atoms with Gasteiger partial charge >= 0.3 is 5.97 Å². The summed E-state index contributed by atoms with van der Waals surface area (Å²) in [7, 11) is 0. The van der Waals surface area contributed by atoms with E-state index in [1.165, 1.54) is 18.2 Å². The number of ether oxygens (including phenoxy) is 1. The predicted octanol–water partition coefficient (Wildman–Crippen LogP) is 1.51. The van der Waals surface area contributed by atoms with Gasteiger partial charge in [-0.05, 0) is 38.0 Å². The number of aromatic hydroxyl groups is 2. The Kier molecular flexibility index (Phi) is 4.67. The van der Waals surface area contributed by atoms with E-state index in [0.29, 0.717) is 38.1 Å². The minimum atomic E-state index is -0.317. The molecule has 0 bridgehead atoms. The minimum absolute atomic E-state index is 0.151. The van der Waals surface area contributed by atoms with Gasteiger partial charge < -0.3 is 19.8 Å². The van der Waals surface area contributed by atoms with E-state index in [9.17, 15) is 19.8 Å². The van der Waals surface area contributed by atoms with Gasteiger partial charge in [-0.2, -0.15) is 0 Å². The second kappa shape index (κ2) is 6.47. The molecule has 0 saturated carbocycles. The number of piperidine rings is 1. The summed E-state index contributed by atoms with van der Waals surface area (Å²) in [6.07, 6.45) is 1.16. The van der Waals surface area contributed by atoms with Crippen molar-refractivity contribution in [3.8, 4) is 11.5 Å². The summed E-state index contributed by atoms with van der Waals surface area (Å²) >= 11 is 0. The molecule has 6 nitrogen and oxygen atoms in total. The highest BCUT2D eigenvalue weighted by Crippen LogP contribution is 2.26. The van der Waals surface area contributed by atoms with Gasteiger partial charge in [0, 0.05) is 18.7 Å². The molecule has 0 aromatic heterocycles. The second-order valence-electron chi connectivity index (χ2n) is 5.02. The maximum absolute atomic E-state index is 12.3. The van der Waals surface area contributed by atoms with Crippen LogP contribution in [-0.2, 0) is 9.53 Å². The highest BCUT2D eigenvalue weighted by Gasteiger charge is 2.28. The quantitative estimate of drug-likeness (QED) is 0.651. The van der Waals surface area contributed by atoms with Crippen LogP contribution in [-0.4, -0.2) is 46.7 Å². The lowest BCUT2D eigenvalue weighted by atomic mass is 9.96. The third kappa shape index (κ3) is 3.45. The highest BCUT2D eigenvalue weighted by atomic mass is 16.5. The smallest absolute Gasteiger partial charge is 0.309 e. The minimum Gasteiger partial charge on any atom is -0.504 e.